The van der Waals surface area contributed by atoms with Crippen LogP contribution in [0.15, 0.2) is 24.3 Å². The minimum atomic E-state index is 0.269. The number of ether oxygens (including phenoxy) is 1. The van der Waals surface area contributed by atoms with E-state index in [2.05, 4.69) is 36.1 Å². The summed E-state index contributed by atoms with van der Waals surface area (Å²) in [5.41, 5.74) is 7.57. The molecule has 3 unspecified atom stereocenters. The molecule has 3 heteroatoms. The van der Waals surface area contributed by atoms with Crippen LogP contribution in [0.4, 0.5) is 0 Å². The third-order valence-corrected chi connectivity index (χ3v) is 4.81. The second-order valence-corrected chi connectivity index (χ2v) is 6.29. The quantitative estimate of drug-likeness (QED) is 0.921. The van der Waals surface area contributed by atoms with Crippen LogP contribution >= 0.6 is 0 Å². The van der Waals surface area contributed by atoms with E-state index >= 15 is 0 Å². The molecule has 2 N–H and O–H groups in total. The topological polar surface area (TPSA) is 38.5 Å². The normalized spacial score (nSPS) is 28.5. The molecule has 2 heterocycles. The zero-order valence-electron chi connectivity index (χ0n) is 12.4. The maximum Gasteiger partial charge on any atom is 0.122 e. The lowest BCUT2D eigenvalue weighted by atomic mass is 9.89. The highest BCUT2D eigenvalue weighted by molar-refractivity contribution is 5.38. The molecule has 20 heavy (non-hydrogen) atoms. The number of benzene rings is 1. The zero-order valence-corrected chi connectivity index (χ0v) is 12.4. The summed E-state index contributed by atoms with van der Waals surface area (Å²) in [5, 5.41) is 0. The van der Waals surface area contributed by atoms with Crippen molar-refractivity contribution in [3.05, 3.63) is 29.8 Å². The van der Waals surface area contributed by atoms with Crippen molar-refractivity contribution in [1.29, 1.82) is 0 Å². The molecule has 110 valence electrons. The molecular weight excluding hydrogens is 248 g/mol. The Bertz CT molecular complexity index is 446. The number of hydrogen-bond acceptors (Lipinski definition) is 3. The second-order valence-electron chi connectivity index (χ2n) is 6.29. The Morgan fingerprint density at radius 1 is 1.30 bits per heavy atom. The number of fused-ring (bicyclic) bond motifs is 1. The fraction of sp³-hybridized carbons (Fsp3) is 0.647. The van der Waals surface area contributed by atoms with E-state index in [9.17, 15) is 0 Å². The highest BCUT2D eigenvalue weighted by Crippen LogP contribution is 2.35. The number of hydrogen-bond donors (Lipinski definition) is 1. The van der Waals surface area contributed by atoms with Gasteiger partial charge in [0.25, 0.3) is 0 Å². The van der Waals surface area contributed by atoms with Crippen LogP contribution in [-0.4, -0.2) is 36.7 Å². The number of piperidine rings is 1. The van der Waals surface area contributed by atoms with Crippen LogP contribution in [0.2, 0.25) is 0 Å². The summed E-state index contributed by atoms with van der Waals surface area (Å²) >= 11 is 0. The van der Waals surface area contributed by atoms with E-state index < -0.39 is 0 Å². The van der Waals surface area contributed by atoms with Gasteiger partial charge in [-0.15, -0.1) is 0 Å². The van der Waals surface area contributed by atoms with Gasteiger partial charge in [-0.25, -0.2) is 0 Å². The minimum absolute atomic E-state index is 0.269. The molecule has 3 atom stereocenters. The van der Waals surface area contributed by atoms with E-state index in [1.807, 2.05) is 0 Å². The molecule has 0 bridgehead atoms. The first kappa shape index (κ1) is 13.9. The second kappa shape index (κ2) is 6.15. The van der Waals surface area contributed by atoms with Crippen LogP contribution in [0.25, 0.3) is 0 Å². The van der Waals surface area contributed by atoms with Gasteiger partial charge in [0.05, 0.1) is 6.61 Å². The lowest BCUT2D eigenvalue weighted by Crippen LogP contribution is -2.50. The van der Waals surface area contributed by atoms with Gasteiger partial charge in [0.2, 0.25) is 0 Å². The van der Waals surface area contributed by atoms with Gasteiger partial charge >= 0.3 is 0 Å². The van der Waals surface area contributed by atoms with Crippen molar-refractivity contribution in [3.63, 3.8) is 0 Å². The van der Waals surface area contributed by atoms with Gasteiger partial charge in [-0.1, -0.05) is 24.6 Å². The molecule has 3 rings (SSSR count). The summed E-state index contributed by atoms with van der Waals surface area (Å²) in [6, 6.07) is 9.33. The lowest BCUT2D eigenvalue weighted by molar-refractivity contribution is 0.113. The Hall–Kier alpha value is -1.06. The first-order valence-electron chi connectivity index (χ1n) is 7.97. The molecule has 2 aliphatic rings. The van der Waals surface area contributed by atoms with Crippen molar-refractivity contribution in [1.82, 2.24) is 4.90 Å². The van der Waals surface area contributed by atoms with Gasteiger partial charge in [-0.2, -0.15) is 0 Å². The number of rotatable bonds is 3. The molecule has 1 aromatic rings. The van der Waals surface area contributed by atoms with Crippen LogP contribution in [0, 0.1) is 0 Å². The lowest BCUT2D eigenvalue weighted by Gasteiger charge is -2.41. The third kappa shape index (κ3) is 2.84. The Balaban J connectivity index is 1.74. The predicted octanol–water partition coefficient (Wildman–Crippen LogP) is 2.75. The molecule has 0 spiro atoms. The van der Waals surface area contributed by atoms with Crippen molar-refractivity contribution in [2.75, 3.05) is 19.7 Å². The Morgan fingerprint density at radius 2 is 2.15 bits per heavy atom. The monoisotopic (exact) mass is 274 g/mol. The van der Waals surface area contributed by atoms with Crippen molar-refractivity contribution in [2.24, 2.45) is 5.73 Å². The number of para-hydroxylation sites is 1. The molecule has 0 radical (unpaired) electrons. The molecule has 0 saturated carbocycles. The largest absolute Gasteiger partial charge is 0.493 e. The van der Waals surface area contributed by atoms with Crippen LogP contribution in [-0.2, 0) is 0 Å². The summed E-state index contributed by atoms with van der Waals surface area (Å²) in [6.45, 7) is 5.33. The average Bonchev–Trinajstić information content (AvgIpc) is 2.48. The smallest absolute Gasteiger partial charge is 0.122 e. The van der Waals surface area contributed by atoms with E-state index in [0.717, 1.165) is 25.3 Å². The summed E-state index contributed by atoms with van der Waals surface area (Å²) in [6.07, 6.45) is 5.02. The van der Waals surface area contributed by atoms with Crippen LogP contribution in [0.5, 0.6) is 5.75 Å². The van der Waals surface area contributed by atoms with Gasteiger partial charge in [0.1, 0.15) is 5.75 Å². The van der Waals surface area contributed by atoms with Gasteiger partial charge in [-0.3, -0.25) is 4.90 Å². The van der Waals surface area contributed by atoms with Crippen LogP contribution in [0.1, 0.15) is 44.1 Å². The van der Waals surface area contributed by atoms with Gasteiger partial charge < -0.3 is 10.5 Å². The van der Waals surface area contributed by atoms with Crippen molar-refractivity contribution in [2.45, 2.75) is 50.6 Å². The summed E-state index contributed by atoms with van der Waals surface area (Å²) in [5.74, 6) is 1.68. The van der Waals surface area contributed by atoms with E-state index in [-0.39, 0.29) is 6.04 Å². The molecule has 1 aromatic carbocycles. The first-order chi connectivity index (χ1) is 9.75. The third-order valence-electron chi connectivity index (χ3n) is 4.81. The fourth-order valence-electron chi connectivity index (χ4n) is 3.73. The molecule has 0 amide bonds. The van der Waals surface area contributed by atoms with Crippen LogP contribution < -0.4 is 10.5 Å². The van der Waals surface area contributed by atoms with Crippen molar-refractivity contribution >= 4 is 0 Å². The number of likely N-dealkylation sites (tertiary alicyclic amines) is 1. The molecular formula is C17H26N2O. The zero-order chi connectivity index (χ0) is 13.9. The Kier molecular flexibility index (Phi) is 4.27. The molecule has 1 saturated heterocycles. The fourth-order valence-corrected chi connectivity index (χ4v) is 3.73. The molecule has 3 nitrogen and oxygen atoms in total. The van der Waals surface area contributed by atoms with E-state index in [1.54, 1.807) is 0 Å². The summed E-state index contributed by atoms with van der Waals surface area (Å²) in [4.78, 5) is 2.63. The Labute approximate surface area is 122 Å². The minimum Gasteiger partial charge on any atom is -0.493 e. The maximum atomic E-state index is 6.19. The maximum absolute atomic E-state index is 6.19. The van der Waals surface area contributed by atoms with Gasteiger partial charge in [-0.05, 0) is 44.4 Å². The standard InChI is InChI=1S/C17H26N2O/c1-13(18)16-7-4-5-10-19(16)12-14-9-11-20-17-8-3-2-6-15(14)17/h2-3,6,8,13-14,16H,4-5,7,9-12,18H2,1H3. The van der Waals surface area contributed by atoms with Crippen molar-refractivity contribution in [3.8, 4) is 5.75 Å². The average molecular weight is 274 g/mol. The van der Waals surface area contributed by atoms with Crippen molar-refractivity contribution < 1.29 is 4.74 Å². The summed E-state index contributed by atoms with van der Waals surface area (Å²) < 4.78 is 5.77. The molecule has 1 fully saturated rings. The van der Waals surface area contributed by atoms with Gasteiger partial charge in [0.15, 0.2) is 0 Å². The summed E-state index contributed by atoms with van der Waals surface area (Å²) in [7, 11) is 0. The Morgan fingerprint density at radius 3 is 3.00 bits per heavy atom. The first-order valence-corrected chi connectivity index (χ1v) is 7.97. The molecule has 0 aromatic heterocycles. The predicted molar refractivity (Wildman–Crippen MR) is 82.2 cm³/mol. The van der Waals surface area contributed by atoms with Crippen LogP contribution in [0.3, 0.4) is 0 Å². The highest BCUT2D eigenvalue weighted by atomic mass is 16.5. The van der Waals surface area contributed by atoms with E-state index in [1.165, 1.54) is 31.4 Å². The highest BCUT2D eigenvalue weighted by Gasteiger charge is 2.30. The van der Waals surface area contributed by atoms with E-state index in [4.69, 9.17) is 10.5 Å². The number of nitrogens with two attached hydrogens (primary N) is 1. The van der Waals surface area contributed by atoms with Gasteiger partial charge in [0, 0.05) is 24.5 Å². The number of nitrogens with zero attached hydrogens (tertiary/aromatic N) is 1. The molecule has 2 aliphatic heterocycles. The SMILES string of the molecule is CC(N)C1CCCCN1CC1CCOc2ccccc21. The molecule has 0 aliphatic carbocycles. The van der Waals surface area contributed by atoms with E-state index in [0.29, 0.717) is 12.0 Å².